The maximum Gasteiger partial charge on any atom is 0.329 e. The lowest BCUT2D eigenvalue weighted by Gasteiger charge is -2.20. The largest absolute Gasteiger partial charge is 0.454 e. The molecular weight excluding hydrogens is 366 g/mol. The number of carbonyl (C=O) groups is 3. The van der Waals surface area contributed by atoms with E-state index in [9.17, 15) is 14.4 Å². The average molecular weight is 385 g/mol. The highest BCUT2D eigenvalue weighted by Crippen LogP contribution is 2.21. The van der Waals surface area contributed by atoms with Gasteiger partial charge in [-0.15, -0.1) is 11.3 Å². The van der Waals surface area contributed by atoms with E-state index in [0.717, 1.165) is 0 Å². The molecule has 0 bridgehead atoms. The Morgan fingerprint density at radius 1 is 1.19 bits per heavy atom. The van der Waals surface area contributed by atoms with Crippen LogP contribution in [0.3, 0.4) is 0 Å². The van der Waals surface area contributed by atoms with Gasteiger partial charge in [-0.05, 0) is 29.5 Å². The third kappa shape index (κ3) is 5.66. The number of hydrogen-bond donors (Lipinski definition) is 2. The van der Waals surface area contributed by atoms with Gasteiger partial charge < -0.3 is 15.4 Å². The molecule has 8 heteroatoms. The van der Waals surface area contributed by atoms with Crippen molar-refractivity contribution in [3.8, 4) is 6.07 Å². The highest BCUT2D eigenvalue weighted by molar-refractivity contribution is 7.14. The summed E-state index contributed by atoms with van der Waals surface area (Å²) < 4.78 is 5.04. The summed E-state index contributed by atoms with van der Waals surface area (Å²) in [4.78, 5) is 36.5. The van der Waals surface area contributed by atoms with Gasteiger partial charge in [0.05, 0.1) is 5.56 Å². The number of ether oxygens (including phenoxy) is 1. The molecule has 27 heavy (non-hydrogen) atoms. The lowest BCUT2D eigenvalue weighted by molar-refractivity contribution is -0.150. The molecule has 2 aromatic rings. The standard InChI is InChI=1S/C19H19N3O4S/c1-12(2)16(22-17(24)13-6-4-3-5-7-13)19(25)26-11-15(23)21-18-14(10-20)8-9-27-18/h3-9,12,16H,11H2,1-2H3,(H,21,23)(H,22,24)/t16-/m1/s1. The van der Waals surface area contributed by atoms with E-state index in [1.54, 1.807) is 55.6 Å². The van der Waals surface area contributed by atoms with Gasteiger partial charge in [0.1, 0.15) is 17.1 Å². The molecule has 2 amide bonds. The Kier molecular flexibility index (Phi) is 7.08. The van der Waals surface area contributed by atoms with Crippen LogP contribution in [0.1, 0.15) is 29.8 Å². The van der Waals surface area contributed by atoms with Gasteiger partial charge in [0.2, 0.25) is 0 Å². The molecule has 1 aromatic carbocycles. The minimum atomic E-state index is -0.887. The number of nitriles is 1. The number of nitrogens with zero attached hydrogens (tertiary/aromatic N) is 1. The van der Waals surface area contributed by atoms with Crippen molar-refractivity contribution >= 4 is 34.1 Å². The average Bonchev–Trinajstić information content (AvgIpc) is 3.11. The first-order chi connectivity index (χ1) is 12.9. The molecule has 0 radical (unpaired) electrons. The summed E-state index contributed by atoms with van der Waals surface area (Å²) >= 11 is 1.20. The van der Waals surface area contributed by atoms with E-state index in [0.29, 0.717) is 16.1 Å². The number of thiophene rings is 1. The van der Waals surface area contributed by atoms with Gasteiger partial charge in [0.15, 0.2) is 6.61 Å². The smallest absolute Gasteiger partial charge is 0.329 e. The Morgan fingerprint density at radius 3 is 2.52 bits per heavy atom. The Bertz CT molecular complexity index is 855. The topological polar surface area (TPSA) is 108 Å². The number of esters is 1. The van der Waals surface area contributed by atoms with Crippen LogP contribution in [0, 0.1) is 17.2 Å². The SMILES string of the molecule is CC(C)[C@@H](NC(=O)c1ccccc1)C(=O)OCC(=O)Nc1sccc1C#N. The zero-order valence-corrected chi connectivity index (χ0v) is 15.7. The number of carbonyl (C=O) groups excluding carboxylic acids is 3. The van der Waals surface area contributed by atoms with Crippen molar-refractivity contribution in [1.29, 1.82) is 5.26 Å². The van der Waals surface area contributed by atoms with Crippen molar-refractivity contribution in [2.75, 3.05) is 11.9 Å². The summed E-state index contributed by atoms with van der Waals surface area (Å²) in [6, 6.07) is 11.2. The summed E-state index contributed by atoms with van der Waals surface area (Å²) in [6.07, 6.45) is 0. The van der Waals surface area contributed by atoms with Crippen LogP contribution < -0.4 is 10.6 Å². The zero-order valence-electron chi connectivity index (χ0n) is 14.9. The van der Waals surface area contributed by atoms with Crippen molar-refractivity contribution in [1.82, 2.24) is 5.32 Å². The summed E-state index contributed by atoms with van der Waals surface area (Å²) in [6.45, 7) is 3.02. The fourth-order valence-electron chi connectivity index (χ4n) is 2.20. The van der Waals surface area contributed by atoms with Crippen molar-refractivity contribution in [2.24, 2.45) is 5.92 Å². The summed E-state index contributed by atoms with van der Waals surface area (Å²) in [5.74, 6) is -1.88. The number of amides is 2. The van der Waals surface area contributed by atoms with Crippen LogP contribution in [0.15, 0.2) is 41.8 Å². The molecule has 140 valence electrons. The van der Waals surface area contributed by atoms with E-state index in [1.807, 2.05) is 6.07 Å². The minimum Gasteiger partial charge on any atom is -0.454 e. The van der Waals surface area contributed by atoms with E-state index in [2.05, 4.69) is 10.6 Å². The number of nitrogens with one attached hydrogen (secondary N) is 2. The Morgan fingerprint density at radius 2 is 1.89 bits per heavy atom. The monoisotopic (exact) mass is 385 g/mol. The van der Waals surface area contributed by atoms with Crippen LogP contribution in [0.2, 0.25) is 0 Å². The van der Waals surface area contributed by atoms with E-state index in [-0.39, 0.29) is 5.92 Å². The van der Waals surface area contributed by atoms with Crippen molar-refractivity contribution in [3.63, 3.8) is 0 Å². The number of anilines is 1. The maximum atomic E-state index is 12.3. The quantitative estimate of drug-likeness (QED) is 0.712. The molecular formula is C19H19N3O4S. The molecule has 1 aromatic heterocycles. The third-order valence-corrected chi connectivity index (χ3v) is 4.46. The van der Waals surface area contributed by atoms with Crippen LogP contribution in [-0.2, 0) is 14.3 Å². The highest BCUT2D eigenvalue weighted by Gasteiger charge is 2.26. The molecule has 0 unspecified atom stereocenters. The van der Waals surface area contributed by atoms with Crippen LogP contribution >= 0.6 is 11.3 Å². The Labute approximate surface area is 161 Å². The van der Waals surface area contributed by atoms with E-state index >= 15 is 0 Å². The molecule has 0 aliphatic heterocycles. The molecule has 0 fully saturated rings. The number of hydrogen-bond acceptors (Lipinski definition) is 6. The zero-order chi connectivity index (χ0) is 19.8. The van der Waals surface area contributed by atoms with Gasteiger partial charge in [-0.3, -0.25) is 9.59 Å². The van der Waals surface area contributed by atoms with Gasteiger partial charge in [-0.1, -0.05) is 32.0 Å². The van der Waals surface area contributed by atoms with Crippen LogP contribution in [-0.4, -0.2) is 30.4 Å². The molecule has 2 N–H and O–H groups in total. The Hall–Kier alpha value is -3.18. The minimum absolute atomic E-state index is 0.226. The van der Waals surface area contributed by atoms with Gasteiger partial charge in [0.25, 0.3) is 11.8 Å². The van der Waals surface area contributed by atoms with Gasteiger partial charge in [-0.25, -0.2) is 4.79 Å². The van der Waals surface area contributed by atoms with Crippen molar-refractivity contribution < 1.29 is 19.1 Å². The molecule has 0 saturated carbocycles. The van der Waals surface area contributed by atoms with Crippen LogP contribution in [0.4, 0.5) is 5.00 Å². The van der Waals surface area contributed by atoms with E-state index in [1.165, 1.54) is 11.3 Å². The predicted octanol–water partition coefficient (Wildman–Crippen LogP) is 2.56. The van der Waals surface area contributed by atoms with Crippen molar-refractivity contribution in [2.45, 2.75) is 19.9 Å². The highest BCUT2D eigenvalue weighted by atomic mass is 32.1. The Balaban J connectivity index is 1.92. The van der Waals surface area contributed by atoms with Gasteiger partial charge >= 0.3 is 5.97 Å². The van der Waals surface area contributed by atoms with E-state index in [4.69, 9.17) is 10.00 Å². The predicted molar refractivity (Wildman–Crippen MR) is 101 cm³/mol. The molecule has 1 heterocycles. The van der Waals surface area contributed by atoms with Crippen molar-refractivity contribution in [3.05, 3.63) is 52.9 Å². The first-order valence-corrected chi connectivity index (χ1v) is 9.10. The second kappa shape index (κ2) is 9.50. The lowest BCUT2D eigenvalue weighted by atomic mass is 10.0. The summed E-state index contributed by atoms with van der Waals surface area (Å²) in [5.41, 5.74) is 0.769. The molecule has 0 aliphatic carbocycles. The lowest BCUT2D eigenvalue weighted by Crippen LogP contribution is -2.45. The molecule has 2 rings (SSSR count). The molecule has 0 saturated heterocycles. The summed E-state index contributed by atoms with van der Waals surface area (Å²) in [5, 5.41) is 16.2. The van der Waals surface area contributed by atoms with Gasteiger partial charge in [0, 0.05) is 5.56 Å². The summed E-state index contributed by atoms with van der Waals surface area (Å²) in [7, 11) is 0. The van der Waals surface area contributed by atoms with Crippen LogP contribution in [0.25, 0.3) is 0 Å². The first kappa shape index (κ1) is 20.1. The van der Waals surface area contributed by atoms with E-state index < -0.39 is 30.4 Å². The number of rotatable bonds is 7. The second-order valence-electron chi connectivity index (χ2n) is 5.99. The fourth-order valence-corrected chi connectivity index (χ4v) is 2.95. The molecule has 0 spiro atoms. The van der Waals surface area contributed by atoms with Crippen LogP contribution in [0.5, 0.6) is 0 Å². The van der Waals surface area contributed by atoms with Gasteiger partial charge in [-0.2, -0.15) is 5.26 Å². The third-order valence-electron chi connectivity index (χ3n) is 3.63. The normalized spacial score (nSPS) is 11.3. The molecule has 0 aliphatic rings. The number of benzene rings is 1. The fraction of sp³-hybridized carbons (Fsp3) is 0.263. The first-order valence-electron chi connectivity index (χ1n) is 8.22. The molecule has 1 atom stereocenters. The molecule has 7 nitrogen and oxygen atoms in total. The second-order valence-corrected chi connectivity index (χ2v) is 6.91. The maximum absolute atomic E-state index is 12.3.